The zero-order chi connectivity index (χ0) is 19.9. The minimum Gasteiger partial charge on any atom is -0.467 e. The first-order valence-electron chi connectivity index (χ1n) is 8.92. The van der Waals surface area contributed by atoms with E-state index in [1.54, 1.807) is 36.8 Å². The van der Waals surface area contributed by atoms with E-state index in [0.29, 0.717) is 18.0 Å². The molecule has 1 atom stereocenters. The molecule has 0 aliphatic heterocycles. The summed E-state index contributed by atoms with van der Waals surface area (Å²) >= 11 is 1.59. The van der Waals surface area contributed by atoms with Gasteiger partial charge in [-0.3, -0.25) is 9.59 Å². The Morgan fingerprint density at radius 1 is 1.18 bits per heavy atom. The molecule has 0 saturated heterocycles. The second-order valence-corrected chi connectivity index (χ2v) is 7.61. The second kappa shape index (κ2) is 9.29. The van der Waals surface area contributed by atoms with E-state index in [9.17, 15) is 9.59 Å². The summed E-state index contributed by atoms with van der Waals surface area (Å²) in [5, 5.41) is 8.66. The van der Waals surface area contributed by atoms with Gasteiger partial charge in [0.25, 0.3) is 11.8 Å². The van der Waals surface area contributed by atoms with E-state index in [0.717, 1.165) is 21.2 Å². The molecule has 1 unspecified atom stereocenters. The summed E-state index contributed by atoms with van der Waals surface area (Å²) in [5.41, 5.74) is 2.57. The fourth-order valence-corrected chi connectivity index (χ4v) is 3.35. The highest BCUT2D eigenvalue weighted by Gasteiger charge is 2.15. The lowest BCUT2D eigenvalue weighted by Crippen LogP contribution is -3.11. The van der Waals surface area contributed by atoms with Gasteiger partial charge in [-0.25, -0.2) is 4.98 Å². The number of furan rings is 1. The van der Waals surface area contributed by atoms with Gasteiger partial charge in [0.15, 0.2) is 13.1 Å². The number of thiazole rings is 1. The van der Waals surface area contributed by atoms with Gasteiger partial charge in [0.2, 0.25) is 0 Å². The van der Waals surface area contributed by atoms with Gasteiger partial charge in [-0.1, -0.05) is 12.1 Å². The Balaban J connectivity index is 1.47. The minimum atomic E-state index is -0.150. The summed E-state index contributed by atoms with van der Waals surface area (Å²) in [4.78, 5) is 29.6. The molecule has 0 spiro atoms. The van der Waals surface area contributed by atoms with Crippen molar-refractivity contribution in [2.75, 3.05) is 25.5 Å². The Labute approximate surface area is 167 Å². The maximum absolute atomic E-state index is 12.3. The fourth-order valence-electron chi connectivity index (χ4n) is 2.73. The minimum absolute atomic E-state index is 0.136. The van der Waals surface area contributed by atoms with Crippen LogP contribution in [0, 0.1) is 6.92 Å². The molecule has 2 amide bonds. The Hall–Kier alpha value is -2.97. The smallest absolute Gasteiger partial charge is 0.279 e. The number of aromatic nitrogens is 1. The Bertz CT molecular complexity index is 937. The highest BCUT2D eigenvalue weighted by Crippen LogP contribution is 2.24. The third kappa shape index (κ3) is 5.77. The van der Waals surface area contributed by atoms with Gasteiger partial charge in [0.1, 0.15) is 5.76 Å². The van der Waals surface area contributed by atoms with E-state index in [1.807, 2.05) is 36.6 Å². The zero-order valence-electron chi connectivity index (χ0n) is 15.8. The number of hydrogen-bond acceptors (Lipinski definition) is 5. The number of nitrogens with zero attached hydrogens (tertiary/aromatic N) is 1. The number of aryl methyl sites for hydroxylation is 1. The van der Waals surface area contributed by atoms with Crippen molar-refractivity contribution in [1.82, 2.24) is 10.3 Å². The van der Waals surface area contributed by atoms with Crippen LogP contribution in [0.25, 0.3) is 11.3 Å². The van der Waals surface area contributed by atoms with E-state index in [2.05, 4.69) is 15.6 Å². The molecule has 0 aliphatic carbocycles. The first kappa shape index (κ1) is 19.8. The molecule has 0 bridgehead atoms. The van der Waals surface area contributed by atoms with Crippen molar-refractivity contribution >= 4 is 28.8 Å². The van der Waals surface area contributed by atoms with Gasteiger partial charge in [-0.2, -0.15) is 0 Å². The topological polar surface area (TPSA) is 88.7 Å². The van der Waals surface area contributed by atoms with Crippen molar-refractivity contribution < 1.29 is 18.9 Å². The molecule has 3 rings (SSSR count). The number of carbonyl (C=O) groups is 2. The molecule has 1 aromatic carbocycles. The lowest BCUT2D eigenvalue weighted by Gasteiger charge is -2.13. The lowest BCUT2D eigenvalue weighted by atomic mass is 10.1. The van der Waals surface area contributed by atoms with Gasteiger partial charge in [-0.15, -0.1) is 11.3 Å². The molecule has 3 aromatic rings. The van der Waals surface area contributed by atoms with Crippen LogP contribution in [0.3, 0.4) is 0 Å². The first-order chi connectivity index (χ1) is 13.5. The molecule has 28 heavy (non-hydrogen) atoms. The predicted octanol–water partition coefficient (Wildman–Crippen LogP) is 1.48. The van der Waals surface area contributed by atoms with Crippen LogP contribution in [-0.4, -0.2) is 36.9 Å². The molecule has 8 heteroatoms. The molecule has 2 aromatic heterocycles. The summed E-state index contributed by atoms with van der Waals surface area (Å²) in [6.45, 7) is 2.69. The van der Waals surface area contributed by atoms with Crippen LogP contribution >= 0.6 is 11.3 Å². The first-order valence-corrected chi connectivity index (χ1v) is 9.80. The molecule has 2 heterocycles. The number of anilines is 1. The van der Waals surface area contributed by atoms with Crippen LogP contribution in [0.15, 0.2) is 52.5 Å². The Morgan fingerprint density at radius 2 is 2.00 bits per heavy atom. The monoisotopic (exact) mass is 399 g/mol. The van der Waals surface area contributed by atoms with E-state index in [-0.39, 0.29) is 24.9 Å². The maximum Gasteiger partial charge on any atom is 0.279 e. The maximum atomic E-state index is 12.3. The average Bonchev–Trinajstić information content (AvgIpc) is 3.31. The number of quaternary nitrogens is 1. The number of amides is 2. The summed E-state index contributed by atoms with van der Waals surface area (Å²) in [6.07, 6.45) is 1.56. The van der Waals surface area contributed by atoms with E-state index < -0.39 is 0 Å². The van der Waals surface area contributed by atoms with Crippen molar-refractivity contribution in [3.05, 3.63) is 58.8 Å². The van der Waals surface area contributed by atoms with Crippen LogP contribution in [0.5, 0.6) is 0 Å². The van der Waals surface area contributed by atoms with Crippen LogP contribution < -0.4 is 15.5 Å². The van der Waals surface area contributed by atoms with Gasteiger partial charge in [0.05, 0.1) is 30.6 Å². The van der Waals surface area contributed by atoms with Crippen LogP contribution in [0.4, 0.5) is 5.69 Å². The number of hydrogen-bond donors (Lipinski definition) is 3. The van der Waals surface area contributed by atoms with Crippen molar-refractivity contribution in [3.8, 4) is 11.3 Å². The standard InChI is InChI=1S/C20H22N4O3S/c1-14-22-18(13-28-14)15-5-3-6-16(9-15)23-20(26)12-24(2)11-19(25)21-10-17-7-4-8-27-17/h3-9,13H,10-12H2,1-2H3,(H,21,25)(H,23,26)/p+1. The molecule has 146 valence electrons. The van der Waals surface area contributed by atoms with E-state index >= 15 is 0 Å². The zero-order valence-corrected chi connectivity index (χ0v) is 16.6. The summed E-state index contributed by atoms with van der Waals surface area (Å²) in [6, 6.07) is 11.2. The third-order valence-corrected chi connectivity index (χ3v) is 4.80. The molecule has 0 fully saturated rings. The highest BCUT2D eigenvalue weighted by atomic mass is 32.1. The number of likely N-dealkylation sites (N-methyl/N-ethyl adjacent to an activating group) is 1. The fraction of sp³-hybridized carbons (Fsp3) is 0.250. The third-order valence-electron chi connectivity index (χ3n) is 4.03. The molecular formula is C20H23N4O3S+. The van der Waals surface area contributed by atoms with Gasteiger partial charge in [0, 0.05) is 16.6 Å². The molecule has 0 aliphatic rings. The predicted molar refractivity (Wildman–Crippen MR) is 108 cm³/mol. The number of benzene rings is 1. The van der Waals surface area contributed by atoms with Crippen molar-refractivity contribution in [1.29, 1.82) is 0 Å². The lowest BCUT2D eigenvalue weighted by molar-refractivity contribution is -0.862. The highest BCUT2D eigenvalue weighted by molar-refractivity contribution is 7.09. The number of rotatable bonds is 8. The quantitative estimate of drug-likeness (QED) is 0.535. The van der Waals surface area contributed by atoms with Gasteiger partial charge >= 0.3 is 0 Å². The van der Waals surface area contributed by atoms with Crippen LogP contribution in [0.2, 0.25) is 0 Å². The number of carbonyl (C=O) groups excluding carboxylic acids is 2. The largest absolute Gasteiger partial charge is 0.467 e. The average molecular weight is 399 g/mol. The van der Waals surface area contributed by atoms with Gasteiger partial charge < -0.3 is 20.0 Å². The normalized spacial score (nSPS) is 11.8. The Morgan fingerprint density at radius 3 is 2.71 bits per heavy atom. The van der Waals surface area contributed by atoms with E-state index in [1.165, 1.54) is 0 Å². The molecule has 7 nitrogen and oxygen atoms in total. The van der Waals surface area contributed by atoms with Crippen molar-refractivity contribution in [2.45, 2.75) is 13.5 Å². The SMILES string of the molecule is Cc1nc(-c2cccc(NC(=O)C[NH+](C)CC(=O)NCc3ccco3)c2)cs1. The Kier molecular flexibility index (Phi) is 6.57. The van der Waals surface area contributed by atoms with Crippen LogP contribution in [0.1, 0.15) is 10.8 Å². The second-order valence-electron chi connectivity index (χ2n) is 6.55. The van der Waals surface area contributed by atoms with E-state index in [4.69, 9.17) is 4.42 Å². The molecule has 0 radical (unpaired) electrons. The molecule has 0 saturated carbocycles. The molecule has 3 N–H and O–H groups in total. The summed E-state index contributed by atoms with van der Waals surface area (Å²) in [7, 11) is 1.81. The van der Waals surface area contributed by atoms with Crippen molar-refractivity contribution in [3.63, 3.8) is 0 Å². The number of nitrogens with one attached hydrogen (secondary N) is 3. The van der Waals surface area contributed by atoms with Crippen molar-refractivity contribution in [2.24, 2.45) is 0 Å². The van der Waals surface area contributed by atoms with Crippen LogP contribution in [-0.2, 0) is 16.1 Å². The summed E-state index contributed by atoms with van der Waals surface area (Å²) in [5.74, 6) is 0.407. The van der Waals surface area contributed by atoms with Gasteiger partial charge in [-0.05, 0) is 31.2 Å². The molecular weight excluding hydrogens is 376 g/mol. The summed E-state index contributed by atoms with van der Waals surface area (Å²) < 4.78 is 5.17.